The molecule has 0 saturated carbocycles. The van der Waals surface area contributed by atoms with E-state index in [0.29, 0.717) is 11.3 Å². The second kappa shape index (κ2) is 1.78. The van der Waals surface area contributed by atoms with Gasteiger partial charge in [-0.3, -0.25) is 0 Å². The largest absolute Gasteiger partial charge is 0.269 e. The summed E-state index contributed by atoms with van der Waals surface area (Å²) in [7, 11) is 0. The van der Waals surface area contributed by atoms with Crippen LogP contribution < -0.4 is 5.43 Å². The molecule has 1 heterocycles. The van der Waals surface area contributed by atoms with Gasteiger partial charge in [-0.15, -0.1) is 0 Å². The van der Waals surface area contributed by atoms with E-state index < -0.39 is 0 Å². The molecule has 0 saturated heterocycles. The van der Waals surface area contributed by atoms with Crippen molar-refractivity contribution in [3.05, 3.63) is 4.30 Å². The zero-order valence-electron chi connectivity index (χ0n) is 4.51. The zero-order chi connectivity index (χ0) is 5.28. The maximum atomic E-state index is 3.91. The fourth-order valence-corrected chi connectivity index (χ4v) is 1.03. The number of hydrogen-bond acceptors (Lipinski definition) is 1. The van der Waals surface area contributed by atoms with Crippen molar-refractivity contribution in [1.82, 2.24) is 5.43 Å². The molecule has 3 heteroatoms. The molecule has 2 nitrogen and oxygen atoms in total. The standard InChI is InChI=1S/C4H9N2S/c1-3-4(2)7-6-5-3/h3-5H,1-2H3/q+1. The van der Waals surface area contributed by atoms with Gasteiger partial charge in [0.2, 0.25) is 0 Å². The summed E-state index contributed by atoms with van der Waals surface area (Å²) in [6, 6.07) is 0.560. The third-order valence-corrected chi connectivity index (χ3v) is 2.13. The van der Waals surface area contributed by atoms with E-state index in [0.717, 1.165) is 0 Å². The zero-order valence-corrected chi connectivity index (χ0v) is 5.33. The Hall–Kier alpha value is -0.110. The molecule has 0 aliphatic carbocycles. The van der Waals surface area contributed by atoms with E-state index in [4.69, 9.17) is 0 Å². The normalized spacial score (nSPS) is 38.6. The van der Waals surface area contributed by atoms with Crippen LogP contribution in [0.25, 0.3) is 4.30 Å². The Balaban J connectivity index is 2.50. The van der Waals surface area contributed by atoms with E-state index in [2.05, 4.69) is 23.6 Å². The van der Waals surface area contributed by atoms with E-state index in [1.54, 1.807) is 11.4 Å². The fraction of sp³-hybridized carbons (Fsp3) is 1.00. The number of nitrogens with one attached hydrogen (secondary N) is 1. The molecular weight excluding hydrogens is 108 g/mol. The molecule has 7 heavy (non-hydrogen) atoms. The Kier molecular flexibility index (Phi) is 1.28. The second-order valence-electron chi connectivity index (χ2n) is 1.82. The highest BCUT2D eigenvalue weighted by Crippen LogP contribution is 2.09. The predicted molar refractivity (Wildman–Crippen MR) is 33.0 cm³/mol. The summed E-state index contributed by atoms with van der Waals surface area (Å²) >= 11 is 1.62. The summed E-state index contributed by atoms with van der Waals surface area (Å²) in [6.45, 7) is 4.30. The third-order valence-electron chi connectivity index (χ3n) is 1.18. The van der Waals surface area contributed by atoms with Crippen LogP contribution in [0.3, 0.4) is 0 Å². The van der Waals surface area contributed by atoms with E-state index >= 15 is 0 Å². The first-order valence-electron chi connectivity index (χ1n) is 2.42. The lowest BCUT2D eigenvalue weighted by Gasteiger charge is -1.93. The summed E-state index contributed by atoms with van der Waals surface area (Å²) in [5, 5.41) is 0.653. The van der Waals surface area contributed by atoms with Crippen LogP contribution in [0.4, 0.5) is 0 Å². The Morgan fingerprint density at radius 2 is 2.29 bits per heavy atom. The Labute approximate surface area is 47.1 Å². The minimum absolute atomic E-state index is 0.560. The molecule has 0 bridgehead atoms. The summed E-state index contributed by atoms with van der Waals surface area (Å²) in [4.78, 5) is 0. The summed E-state index contributed by atoms with van der Waals surface area (Å²) in [5.74, 6) is 0. The molecule has 0 radical (unpaired) electrons. The molecule has 0 amide bonds. The molecule has 2 atom stereocenters. The fourth-order valence-electron chi connectivity index (χ4n) is 0.393. The van der Waals surface area contributed by atoms with Crippen LogP contribution in [0.15, 0.2) is 0 Å². The van der Waals surface area contributed by atoms with Crippen molar-refractivity contribution in [3.63, 3.8) is 0 Å². The van der Waals surface area contributed by atoms with Crippen LogP contribution in [-0.4, -0.2) is 11.3 Å². The van der Waals surface area contributed by atoms with Crippen LogP contribution in [-0.2, 0) is 0 Å². The lowest BCUT2D eigenvalue weighted by molar-refractivity contribution is 0.648. The van der Waals surface area contributed by atoms with E-state index in [1.807, 2.05) is 0 Å². The first-order valence-corrected chi connectivity index (χ1v) is 3.26. The maximum Gasteiger partial charge on any atom is 0.269 e. The molecule has 1 N–H and O–H groups in total. The third kappa shape index (κ3) is 0.911. The lowest BCUT2D eigenvalue weighted by atomic mass is 10.3. The summed E-state index contributed by atoms with van der Waals surface area (Å²) < 4.78 is 3.91. The molecule has 1 aliphatic rings. The molecule has 2 unspecified atom stereocenters. The smallest absolute Gasteiger partial charge is 0.0414 e. The molecule has 40 valence electrons. The van der Waals surface area contributed by atoms with E-state index in [-0.39, 0.29) is 0 Å². The quantitative estimate of drug-likeness (QED) is 0.506. The molecule has 0 fully saturated rings. The van der Waals surface area contributed by atoms with Crippen LogP contribution >= 0.6 is 11.4 Å². The topological polar surface area (TPSA) is 16.4 Å². The van der Waals surface area contributed by atoms with E-state index in [1.165, 1.54) is 0 Å². The minimum atomic E-state index is 0.560. The van der Waals surface area contributed by atoms with Crippen molar-refractivity contribution in [1.29, 1.82) is 0 Å². The molecule has 1 rings (SSSR count). The lowest BCUT2D eigenvalue weighted by Crippen LogP contribution is -2.23. The van der Waals surface area contributed by atoms with Crippen LogP contribution in [0.1, 0.15) is 13.8 Å². The van der Waals surface area contributed by atoms with Crippen LogP contribution in [0.5, 0.6) is 0 Å². The van der Waals surface area contributed by atoms with Gasteiger partial charge in [0, 0.05) is 5.43 Å². The number of hydrogen-bond donors (Lipinski definition) is 1. The summed E-state index contributed by atoms with van der Waals surface area (Å²) in [6.07, 6.45) is 0. The van der Waals surface area contributed by atoms with Gasteiger partial charge in [0.15, 0.2) is 0 Å². The van der Waals surface area contributed by atoms with Crippen molar-refractivity contribution < 1.29 is 0 Å². The minimum Gasteiger partial charge on any atom is -0.0414 e. The second-order valence-corrected chi connectivity index (χ2v) is 2.96. The maximum absolute atomic E-state index is 3.91. The molecule has 0 aromatic heterocycles. The van der Waals surface area contributed by atoms with Crippen LogP contribution in [0, 0.1) is 0 Å². The Morgan fingerprint density at radius 1 is 1.57 bits per heavy atom. The first kappa shape index (κ1) is 5.04. The number of rotatable bonds is 0. The van der Waals surface area contributed by atoms with E-state index in [9.17, 15) is 0 Å². The van der Waals surface area contributed by atoms with Gasteiger partial charge in [-0.05, 0) is 13.8 Å². The SMILES string of the molecule is CC1N[N+]#SC1C. The average Bonchev–Trinajstić information content (AvgIpc) is 1.91. The van der Waals surface area contributed by atoms with Gasteiger partial charge in [0.1, 0.15) is 11.3 Å². The molecular formula is C4H9N2S+. The first-order chi connectivity index (χ1) is 3.30. The molecule has 0 spiro atoms. The molecule has 0 aromatic carbocycles. The monoisotopic (exact) mass is 117 g/mol. The average molecular weight is 117 g/mol. The van der Waals surface area contributed by atoms with Gasteiger partial charge in [0.05, 0.1) is 4.30 Å². The highest BCUT2D eigenvalue weighted by molar-refractivity contribution is 7.88. The van der Waals surface area contributed by atoms with Gasteiger partial charge < -0.3 is 0 Å². The van der Waals surface area contributed by atoms with Crippen molar-refractivity contribution >= 4 is 11.4 Å². The predicted octanol–water partition coefficient (Wildman–Crippen LogP) is 1.30. The van der Waals surface area contributed by atoms with Gasteiger partial charge in [-0.1, -0.05) is 0 Å². The van der Waals surface area contributed by atoms with Crippen molar-refractivity contribution in [2.24, 2.45) is 0 Å². The summed E-state index contributed by atoms with van der Waals surface area (Å²) in [5.41, 5.74) is 2.96. The molecule has 0 aromatic rings. The molecule has 1 aliphatic heterocycles. The van der Waals surface area contributed by atoms with Gasteiger partial charge >= 0.3 is 0 Å². The number of nitrogens with zero attached hydrogens (tertiary/aromatic N) is 1. The van der Waals surface area contributed by atoms with Crippen molar-refractivity contribution in [3.8, 4) is 0 Å². The van der Waals surface area contributed by atoms with Gasteiger partial charge in [-0.2, -0.15) is 0 Å². The Bertz CT molecular complexity index is 123. The van der Waals surface area contributed by atoms with Crippen molar-refractivity contribution in [2.75, 3.05) is 0 Å². The Morgan fingerprint density at radius 3 is 2.43 bits per heavy atom. The van der Waals surface area contributed by atoms with Crippen molar-refractivity contribution in [2.45, 2.75) is 25.1 Å². The van der Waals surface area contributed by atoms with Gasteiger partial charge in [-0.25, -0.2) is 0 Å². The highest BCUT2D eigenvalue weighted by atomic mass is 32.1. The van der Waals surface area contributed by atoms with Gasteiger partial charge in [0.25, 0.3) is 11.4 Å². The highest BCUT2D eigenvalue weighted by Gasteiger charge is 2.23. The van der Waals surface area contributed by atoms with Crippen LogP contribution in [0.2, 0.25) is 0 Å².